The van der Waals surface area contributed by atoms with E-state index in [1.165, 1.54) is 28.3 Å². The summed E-state index contributed by atoms with van der Waals surface area (Å²) in [5.74, 6) is 6.22. The molecule has 0 atom stereocenters. The molecule has 3 N–H and O–H groups in total. The number of thiophene rings is 1. The normalized spacial score (nSPS) is 10.8. The van der Waals surface area contributed by atoms with Crippen LogP contribution in [0.5, 0.6) is 0 Å². The van der Waals surface area contributed by atoms with E-state index in [0.29, 0.717) is 11.6 Å². The van der Waals surface area contributed by atoms with E-state index in [9.17, 15) is 10.1 Å². The Morgan fingerprint density at radius 1 is 1.45 bits per heavy atom. The highest BCUT2D eigenvalue weighted by molar-refractivity contribution is 7.16. The number of hydrogen-bond donors (Lipinski definition) is 2. The highest BCUT2D eigenvalue weighted by atomic mass is 32.1. The Hall–Kier alpha value is -2.59. The highest BCUT2D eigenvalue weighted by Gasteiger charge is 2.13. The zero-order valence-corrected chi connectivity index (χ0v) is 10.9. The lowest BCUT2D eigenvalue weighted by atomic mass is 10.4. The van der Waals surface area contributed by atoms with Gasteiger partial charge in [0.25, 0.3) is 0 Å². The summed E-state index contributed by atoms with van der Waals surface area (Å²) >= 11 is 1.47. The van der Waals surface area contributed by atoms with Gasteiger partial charge in [-0.15, -0.1) is 11.3 Å². The molecular weight excluding hydrogens is 282 g/mol. The van der Waals surface area contributed by atoms with E-state index >= 15 is 0 Å². The summed E-state index contributed by atoms with van der Waals surface area (Å²) in [6.45, 7) is 0.232. The Balaban J connectivity index is 1.95. The third-order valence-corrected chi connectivity index (χ3v) is 3.43. The van der Waals surface area contributed by atoms with Crippen LogP contribution in [0.25, 0.3) is 10.2 Å². The lowest BCUT2D eigenvalue weighted by molar-refractivity contribution is -0.389. The number of nitro groups is 1. The van der Waals surface area contributed by atoms with Crippen molar-refractivity contribution in [3.8, 4) is 0 Å². The monoisotopic (exact) mass is 291 g/mol. The minimum Gasteiger partial charge on any atom is -0.358 e. The predicted molar refractivity (Wildman–Crippen MR) is 73.2 cm³/mol. The van der Waals surface area contributed by atoms with Gasteiger partial charge in [-0.05, 0) is 16.4 Å². The van der Waals surface area contributed by atoms with Gasteiger partial charge in [0.1, 0.15) is 11.4 Å². The first kappa shape index (κ1) is 12.4. The van der Waals surface area contributed by atoms with Crippen LogP contribution in [0.4, 0.5) is 11.6 Å². The maximum absolute atomic E-state index is 10.6. The van der Waals surface area contributed by atoms with E-state index in [0.717, 1.165) is 10.2 Å². The highest BCUT2D eigenvalue weighted by Crippen LogP contribution is 2.24. The minimum absolute atomic E-state index is 0.209. The second kappa shape index (κ2) is 4.83. The van der Waals surface area contributed by atoms with Crippen molar-refractivity contribution in [1.29, 1.82) is 0 Å². The molecule has 0 aliphatic heterocycles. The number of fused-ring (bicyclic) bond motifs is 1. The van der Waals surface area contributed by atoms with Crippen LogP contribution < -0.4 is 11.3 Å². The van der Waals surface area contributed by atoms with Crippen molar-refractivity contribution in [3.05, 3.63) is 39.6 Å². The third-order valence-electron chi connectivity index (χ3n) is 2.63. The number of anilines is 1. The fourth-order valence-corrected chi connectivity index (χ4v) is 2.54. The first-order valence-corrected chi connectivity index (χ1v) is 6.44. The molecule has 3 heterocycles. The van der Waals surface area contributed by atoms with Crippen LogP contribution in [0.1, 0.15) is 5.82 Å². The molecule has 3 rings (SSSR count). The number of nitrogen functional groups attached to an aromatic ring is 1. The lowest BCUT2D eigenvalue weighted by Gasteiger charge is -2.03. The van der Waals surface area contributed by atoms with Gasteiger partial charge in [0.2, 0.25) is 0 Å². The van der Waals surface area contributed by atoms with Gasteiger partial charge in [-0.3, -0.25) is 0 Å². The zero-order valence-electron chi connectivity index (χ0n) is 10.1. The molecule has 0 aliphatic rings. The molecule has 10 heteroatoms. The van der Waals surface area contributed by atoms with Gasteiger partial charge >= 0.3 is 5.82 Å². The SMILES string of the molecule is NNc1nc(Cn2ccc([N+](=O)[O-])n2)nc2sccc12. The Labute approximate surface area is 116 Å². The Morgan fingerprint density at radius 3 is 3.00 bits per heavy atom. The maximum Gasteiger partial charge on any atom is 0.389 e. The molecule has 102 valence electrons. The quantitative estimate of drug-likeness (QED) is 0.419. The second-order valence-electron chi connectivity index (χ2n) is 3.90. The topological polar surface area (TPSA) is 125 Å². The molecule has 9 nitrogen and oxygen atoms in total. The predicted octanol–water partition coefficient (Wildman–Crippen LogP) is 1.13. The number of hydrazine groups is 1. The summed E-state index contributed by atoms with van der Waals surface area (Å²) in [4.78, 5) is 19.5. The van der Waals surface area contributed by atoms with Gasteiger partial charge in [-0.1, -0.05) is 0 Å². The number of rotatable bonds is 4. The average molecular weight is 291 g/mol. The maximum atomic E-state index is 10.6. The Morgan fingerprint density at radius 2 is 2.30 bits per heavy atom. The molecule has 3 aromatic heterocycles. The summed E-state index contributed by atoms with van der Waals surface area (Å²) in [6.07, 6.45) is 1.51. The standard InChI is InChI=1S/C10H9N7O2S/c11-14-9-6-2-4-20-10(6)13-7(12-9)5-16-3-1-8(15-16)17(18)19/h1-4H,5,11H2,(H,12,13,14). The molecule has 0 aliphatic carbocycles. The molecule has 0 amide bonds. The van der Waals surface area contributed by atoms with E-state index in [1.54, 1.807) is 0 Å². The fourth-order valence-electron chi connectivity index (χ4n) is 1.76. The molecule has 0 bridgehead atoms. The van der Waals surface area contributed by atoms with Crippen molar-refractivity contribution < 1.29 is 4.92 Å². The molecule has 0 aromatic carbocycles. The molecule has 0 radical (unpaired) electrons. The van der Waals surface area contributed by atoms with Gasteiger partial charge in [0, 0.05) is 0 Å². The van der Waals surface area contributed by atoms with E-state index in [4.69, 9.17) is 5.84 Å². The van der Waals surface area contributed by atoms with Crippen molar-refractivity contribution in [2.45, 2.75) is 6.54 Å². The van der Waals surface area contributed by atoms with Crippen molar-refractivity contribution in [2.24, 2.45) is 5.84 Å². The summed E-state index contributed by atoms with van der Waals surface area (Å²) in [6, 6.07) is 3.20. The Kier molecular flexibility index (Phi) is 3.00. The van der Waals surface area contributed by atoms with Crippen LogP contribution in [0, 0.1) is 10.1 Å². The summed E-state index contributed by atoms with van der Waals surface area (Å²) < 4.78 is 1.41. The van der Waals surface area contributed by atoms with Crippen molar-refractivity contribution >= 4 is 33.2 Å². The van der Waals surface area contributed by atoms with Crippen LogP contribution >= 0.6 is 11.3 Å². The van der Waals surface area contributed by atoms with Gasteiger partial charge < -0.3 is 15.5 Å². The van der Waals surface area contributed by atoms with Crippen LogP contribution in [0.3, 0.4) is 0 Å². The van der Waals surface area contributed by atoms with Crippen LogP contribution in [-0.4, -0.2) is 24.7 Å². The van der Waals surface area contributed by atoms with Crippen molar-refractivity contribution in [3.63, 3.8) is 0 Å². The number of nitrogens with two attached hydrogens (primary N) is 1. The number of aromatic nitrogens is 4. The number of nitrogens with one attached hydrogen (secondary N) is 1. The Bertz CT molecular complexity index is 781. The minimum atomic E-state index is -0.549. The van der Waals surface area contributed by atoms with Gasteiger partial charge in [-0.25, -0.2) is 15.8 Å². The molecule has 0 spiro atoms. The summed E-state index contributed by atoms with van der Waals surface area (Å²) in [5, 5.41) is 17.1. The first-order valence-electron chi connectivity index (χ1n) is 5.56. The van der Waals surface area contributed by atoms with E-state index in [1.807, 2.05) is 11.4 Å². The zero-order chi connectivity index (χ0) is 14.1. The lowest BCUT2D eigenvalue weighted by Crippen LogP contribution is -2.12. The molecule has 20 heavy (non-hydrogen) atoms. The van der Waals surface area contributed by atoms with Crippen LogP contribution in [0.2, 0.25) is 0 Å². The molecule has 0 fully saturated rings. The fraction of sp³-hybridized carbons (Fsp3) is 0.100. The van der Waals surface area contributed by atoms with E-state index < -0.39 is 4.92 Å². The molecule has 0 saturated heterocycles. The molecule has 3 aromatic rings. The average Bonchev–Trinajstić information content (AvgIpc) is 3.06. The third kappa shape index (κ3) is 2.17. The van der Waals surface area contributed by atoms with E-state index in [2.05, 4.69) is 20.5 Å². The van der Waals surface area contributed by atoms with Gasteiger partial charge in [-0.2, -0.15) is 4.68 Å². The van der Waals surface area contributed by atoms with Crippen LogP contribution in [0.15, 0.2) is 23.7 Å². The van der Waals surface area contributed by atoms with Crippen molar-refractivity contribution in [2.75, 3.05) is 5.43 Å². The number of nitrogens with zero attached hydrogens (tertiary/aromatic N) is 5. The second-order valence-corrected chi connectivity index (χ2v) is 4.80. The van der Waals surface area contributed by atoms with Crippen LogP contribution in [-0.2, 0) is 6.54 Å². The van der Waals surface area contributed by atoms with E-state index in [-0.39, 0.29) is 12.4 Å². The van der Waals surface area contributed by atoms with Gasteiger partial charge in [0.05, 0.1) is 22.7 Å². The molecular formula is C10H9N7O2S. The molecule has 0 unspecified atom stereocenters. The summed E-state index contributed by atoms with van der Waals surface area (Å²) in [5.41, 5.74) is 2.52. The first-order chi connectivity index (χ1) is 9.67. The van der Waals surface area contributed by atoms with Gasteiger partial charge in [0.15, 0.2) is 11.6 Å². The van der Waals surface area contributed by atoms with Crippen molar-refractivity contribution in [1.82, 2.24) is 19.7 Å². The molecule has 0 saturated carbocycles. The smallest absolute Gasteiger partial charge is 0.358 e. The number of hydrogen-bond acceptors (Lipinski definition) is 8. The largest absolute Gasteiger partial charge is 0.389 e. The summed E-state index contributed by atoms with van der Waals surface area (Å²) in [7, 11) is 0.